The topological polar surface area (TPSA) is 90.7 Å². The number of hydrogen-bond donors (Lipinski definition) is 2. The second-order valence-corrected chi connectivity index (χ2v) is 7.94. The summed E-state index contributed by atoms with van der Waals surface area (Å²) < 4.78 is 0. The number of hydrogen-bond acceptors (Lipinski definition) is 5. The maximum Gasteiger partial charge on any atom is 0.304 e. The van der Waals surface area contributed by atoms with E-state index in [-0.39, 0.29) is 31.9 Å². The Balaban J connectivity index is 1.89. The Hall–Kier alpha value is -2.74. The first-order valence-corrected chi connectivity index (χ1v) is 10.6. The Bertz CT molecular complexity index is 1010. The van der Waals surface area contributed by atoms with Crippen molar-refractivity contribution < 1.29 is 19.8 Å². The molecule has 0 bridgehead atoms. The normalized spacial score (nSPS) is 11.8. The zero-order valence-electron chi connectivity index (χ0n) is 16.1. The number of halogens is 1. The summed E-state index contributed by atoms with van der Waals surface area (Å²) >= 11 is 7.50. The summed E-state index contributed by atoms with van der Waals surface area (Å²) in [5.74, 6) is -2.21. The van der Waals surface area contributed by atoms with E-state index in [4.69, 9.17) is 11.6 Å². The van der Waals surface area contributed by atoms with Gasteiger partial charge in [0.15, 0.2) is 5.13 Å². The first-order valence-electron chi connectivity index (χ1n) is 9.38. The molecule has 30 heavy (non-hydrogen) atoms. The van der Waals surface area contributed by atoms with Gasteiger partial charge in [0.05, 0.1) is 31.2 Å². The molecule has 1 unspecified atom stereocenters. The molecule has 1 amide bonds. The monoisotopic (exact) mass is 444 g/mol. The van der Waals surface area contributed by atoms with Gasteiger partial charge in [0, 0.05) is 16.0 Å². The van der Waals surface area contributed by atoms with Crippen LogP contribution in [0.15, 0.2) is 60.0 Å². The smallest absolute Gasteiger partial charge is 0.304 e. The van der Waals surface area contributed by atoms with Crippen molar-refractivity contribution in [2.75, 3.05) is 18.1 Å². The molecule has 2 N–H and O–H groups in total. The number of thiazole rings is 1. The van der Waals surface area contributed by atoms with Crippen LogP contribution in [0.5, 0.6) is 0 Å². The number of aliphatic hydroxyl groups excluding tert-OH is 1. The summed E-state index contributed by atoms with van der Waals surface area (Å²) in [7, 11) is 0. The van der Waals surface area contributed by atoms with Crippen LogP contribution in [0.1, 0.15) is 12.0 Å². The highest BCUT2D eigenvalue weighted by molar-refractivity contribution is 7.14. The zero-order chi connectivity index (χ0) is 21.5. The van der Waals surface area contributed by atoms with Gasteiger partial charge in [0.1, 0.15) is 0 Å². The molecule has 0 aliphatic carbocycles. The molecule has 0 radical (unpaired) electrons. The van der Waals surface area contributed by atoms with Crippen molar-refractivity contribution in [3.8, 4) is 11.3 Å². The van der Waals surface area contributed by atoms with Crippen molar-refractivity contribution >= 4 is 39.9 Å². The number of aromatic nitrogens is 1. The summed E-state index contributed by atoms with van der Waals surface area (Å²) in [6.07, 6.45) is -0.0188. The number of aliphatic hydroxyl groups is 1. The summed E-state index contributed by atoms with van der Waals surface area (Å²) in [5.41, 5.74) is 2.23. The fraction of sp³-hybridized carbons (Fsp3) is 0.227. The number of anilines is 1. The molecule has 0 saturated carbocycles. The van der Waals surface area contributed by atoms with E-state index < -0.39 is 11.9 Å². The molecule has 6 nitrogen and oxygen atoms in total. The number of carboxylic acids is 1. The molecule has 0 aliphatic rings. The van der Waals surface area contributed by atoms with Gasteiger partial charge in [-0.15, -0.1) is 11.3 Å². The Labute approximate surface area is 183 Å². The highest BCUT2D eigenvalue weighted by atomic mass is 35.5. The summed E-state index contributed by atoms with van der Waals surface area (Å²) in [4.78, 5) is 30.6. The number of rotatable bonds is 9. The number of carbonyl (C=O) groups is 2. The SMILES string of the molecule is O=C(O)CC(Cc1ccccc1)C(=O)N(CCO)c1nc(-c2ccccc2Cl)cs1. The van der Waals surface area contributed by atoms with Crippen molar-refractivity contribution in [1.82, 2.24) is 4.98 Å². The van der Waals surface area contributed by atoms with Crippen molar-refractivity contribution in [3.05, 3.63) is 70.6 Å². The third-order valence-corrected chi connectivity index (χ3v) is 5.75. The Morgan fingerprint density at radius 3 is 2.47 bits per heavy atom. The maximum absolute atomic E-state index is 13.3. The molecule has 1 aromatic heterocycles. The van der Waals surface area contributed by atoms with E-state index >= 15 is 0 Å². The van der Waals surface area contributed by atoms with Gasteiger partial charge < -0.3 is 10.2 Å². The standard InChI is InChI=1S/C22H21ClN2O4S/c23-18-9-5-4-8-17(18)19-14-30-22(24-19)25(10-11-26)21(29)16(13-20(27)28)12-15-6-2-1-3-7-15/h1-9,14,16,26H,10-13H2,(H,27,28). The number of amides is 1. The van der Waals surface area contributed by atoms with Crippen LogP contribution < -0.4 is 4.90 Å². The Morgan fingerprint density at radius 1 is 1.10 bits per heavy atom. The van der Waals surface area contributed by atoms with Gasteiger partial charge in [0.2, 0.25) is 5.91 Å². The second-order valence-electron chi connectivity index (χ2n) is 6.69. The van der Waals surface area contributed by atoms with Crippen LogP contribution in [-0.4, -0.2) is 40.2 Å². The van der Waals surface area contributed by atoms with Crippen molar-refractivity contribution in [3.63, 3.8) is 0 Å². The summed E-state index contributed by atoms with van der Waals surface area (Å²) in [5, 5.41) is 21.6. The van der Waals surface area contributed by atoms with E-state index in [1.165, 1.54) is 16.2 Å². The van der Waals surface area contributed by atoms with E-state index in [0.717, 1.165) is 11.1 Å². The highest BCUT2D eigenvalue weighted by Gasteiger charge is 2.29. The van der Waals surface area contributed by atoms with E-state index in [2.05, 4.69) is 4.98 Å². The molecule has 1 heterocycles. The average Bonchev–Trinajstić information content (AvgIpc) is 3.21. The Kier molecular flexibility index (Phi) is 7.57. The minimum Gasteiger partial charge on any atom is -0.481 e. The van der Waals surface area contributed by atoms with Crippen LogP contribution in [0.3, 0.4) is 0 Å². The predicted octanol–water partition coefficient (Wildman–Crippen LogP) is 4.12. The lowest BCUT2D eigenvalue weighted by Gasteiger charge is -2.24. The fourth-order valence-corrected chi connectivity index (χ4v) is 4.25. The van der Waals surface area contributed by atoms with Crippen LogP contribution in [0.2, 0.25) is 5.02 Å². The second kappa shape index (κ2) is 10.3. The summed E-state index contributed by atoms with van der Waals surface area (Å²) in [6.45, 7) is -0.239. The van der Waals surface area contributed by atoms with E-state index in [1.54, 1.807) is 11.4 Å². The number of nitrogens with zero attached hydrogens (tertiary/aromatic N) is 2. The molecule has 2 aromatic carbocycles. The molecule has 0 fully saturated rings. The van der Waals surface area contributed by atoms with E-state index in [9.17, 15) is 19.8 Å². The quantitative estimate of drug-likeness (QED) is 0.518. The maximum atomic E-state index is 13.3. The van der Waals surface area contributed by atoms with Gasteiger partial charge in [0.25, 0.3) is 0 Å². The molecule has 1 atom stereocenters. The van der Waals surface area contributed by atoms with Gasteiger partial charge in [-0.2, -0.15) is 0 Å². The zero-order valence-corrected chi connectivity index (χ0v) is 17.6. The van der Waals surface area contributed by atoms with Gasteiger partial charge in [-0.25, -0.2) is 4.98 Å². The fourth-order valence-electron chi connectivity index (χ4n) is 3.16. The number of carbonyl (C=O) groups excluding carboxylic acids is 1. The molecular formula is C22H21ClN2O4S. The molecule has 156 valence electrons. The Morgan fingerprint density at radius 2 is 1.80 bits per heavy atom. The number of benzene rings is 2. The van der Waals surface area contributed by atoms with Crippen LogP contribution in [0.4, 0.5) is 5.13 Å². The molecule has 0 aliphatic heterocycles. The average molecular weight is 445 g/mol. The third kappa shape index (κ3) is 5.44. The predicted molar refractivity (Wildman–Crippen MR) is 118 cm³/mol. The third-order valence-electron chi connectivity index (χ3n) is 4.56. The van der Waals surface area contributed by atoms with Crippen LogP contribution >= 0.6 is 22.9 Å². The number of carboxylic acid groups (broad SMARTS) is 1. The van der Waals surface area contributed by atoms with Gasteiger partial charge in [-0.1, -0.05) is 60.1 Å². The lowest BCUT2D eigenvalue weighted by molar-refractivity contribution is -0.140. The molecule has 0 saturated heterocycles. The van der Waals surface area contributed by atoms with Crippen molar-refractivity contribution in [2.24, 2.45) is 5.92 Å². The molecule has 3 aromatic rings. The molecule has 3 rings (SSSR count). The molecule has 8 heteroatoms. The minimum absolute atomic E-state index is 0.0270. The first kappa shape index (κ1) is 22.0. The molecule has 0 spiro atoms. The van der Waals surface area contributed by atoms with Gasteiger partial charge in [-0.05, 0) is 18.1 Å². The largest absolute Gasteiger partial charge is 0.481 e. The lowest BCUT2D eigenvalue weighted by atomic mass is 9.95. The molecular weight excluding hydrogens is 424 g/mol. The number of aliphatic carboxylic acids is 1. The summed E-state index contributed by atoms with van der Waals surface area (Å²) in [6, 6.07) is 16.5. The highest BCUT2D eigenvalue weighted by Crippen LogP contribution is 2.32. The van der Waals surface area contributed by atoms with Crippen LogP contribution in [0, 0.1) is 5.92 Å². The van der Waals surface area contributed by atoms with Gasteiger partial charge >= 0.3 is 5.97 Å². The van der Waals surface area contributed by atoms with Crippen LogP contribution in [-0.2, 0) is 16.0 Å². The first-order chi connectivity index (χ1) is 14.5. The van der Waals surface area contributed by atoms with Crippen molar-refractivity contribution in [2.45, 2.75) is 12.8 Å². The van der Waals surface area contributed by atoms with E-state index in [0.29, 0.717) is 15.8 Å². The lowest BCUT2D eigenvalue weighted by Crippen LogP contribution is -2.39. The van der Waals surface area contributed by atoms with Gasteiger partial charge in [-0.3, -0.25) is 14.5 Å². The van der Waals surface area contributed by atoms with Crippen LogP contribution in [0.25, 0.3) is 11.3 Å². The minimum atomic E-state index is -1.05. The van der Waals surface area contributed by atoms with E-state index in [1.807, 2.05) is 48.5 Å². The van der Waals surface area contributed by atoms with Crippen molar-refractivity contribution in [1.29, 1.82) is 0 Å².